The summed E-state index contributed by atoms with van der Waals surface area (Å²) in [5.74, 6) is 0.753. The Hall–Kier alpha value is -3.78. The van der Waals surface area contributed by atoms with Crippen molar-refractivity contribution in [2.75, 3.05) is 0 Å². The quantitative estimate of drug-likeness (QED) is 0.326. The minimum atomic E-state index is 0.753. The molecule has 0 radical (unpaired) electrons. The molecule has 0 N–H and O–H groups in total. The first-order chi connectivity index (χ1) is 14.7. The molecule has 0 saturated carbocycles. The van der Waals surface area contributed by atoms with Crippen molar-refractivity contribution in [3.63, 3.8) is 0 Å². The van der Waals surface area contributed by atoms with Gasteiger partial charge >= 0.3 is 0 Å². The molecule has 0 aliphatic heterocycles. The van der Waals surface area contributed by atoms with Crippen LogP contribution in [-0.2, 0) is 0 Å². The van der Waals surface area contributed by atoms with Gasteiger partial charge in [-0.05, 0) is 31.0 Å². The number of fused-ring (bicyclic) bond motifs is 1. The summed E-state index contributed by atoms with van der Waals surface area (Å²) in [6.07, 6.45) is 0. The maximum Gasteiger partial charge on any atom is 0.161 e. The fraction of sp³-hybridized carbons (Fsp3) is 0.0714. The molecule has 5 rings (SSSR count). The monoisotopic (exact) mass is 386 g/mol. The molecule has 1 aromatic heterocycles. The second-order valence-electron chi connectivity index (χ2n) is 7.69. The third-order valence-corrected chi connectivity index (χ3v) is 5.43. The van der Waals surface area contributed by atoms with E-state index in [1.807, 2.05) is 18.2 Å². The van der Waals surface area contributed by atoms with Crippen LogP contribution in [-0.4, -0.2) is 9.97 Å². The van der Waals surface area contributed by atoms with Crippen molar-refractivity contribution in [2.45, 2.75) is 13.8 Å². The summed E-state index contributed by atoms with van der Waals surface area (Å²) in [5, 5.41) is 1.07. The number of aromatic nitrogens is 2. The Labute approximate surface area is 176 Å². The number of para-hydroxylation sites is 1. The number of nitrogens with zero attached hydrogens (tertiary/aromatic N) is 2. The van der Waals surface area contributed by atoms with E-state index < -0.39 is 0 Å². The highest BCUT2D eigenvalue weighted by molar-refractivity contribution is 5.94. The Balaban J connectivity index is 1.78. The fourth-order valence-electron chi connectivity index (χ4n) is 3.84. The molecule has 2 nitrogen and oxygen atoms in total. The van der Waals surface area contributed by atoms with E-state index in [1.54, 1.807) is 0 Å². The zero-order valence-electron chi connectivity index (χ0n) is 17.1. The molecule has 0 atom stereocenters. The molecule has 0 spiro atoms. The first-order valence-corrected chi connectivity index (χ1v) is 10.2. The van der Waals surface area contributed by atoms with Crippen molar-refractivity contribution in [3.8, 4) is 33.8 Å². The highest BCUT2D eigenvalue weighted by atomic mass is 14.9. The van der Waals surface area contributed by atoms with Gasteiger partial charge in [-0.3, -0.25) is 0 Å². The molecule has 0 amide bonds. The van der Waals surface area contributed by atoms with Crippen LogP contribution in [0.3, 0.4) is 0 Å². The van der Waals surface area contributed by atoms with Crippen LogP contribution in [0.5, 0.6) is 0 Å². The van der Waals surface area contributed by atoms with Gasteiger partial charge in [-0.2, -0.15) is 0 Å². The van der Waals surface area contributed by atoms with Crippen molar-refractivity contribution in [3.05, 3.63) is 108 Å². The summed E-state index contributed by atoms with van der Waals surface area (Å²) in [6.45, 7) is 4.23. The molecule has 0 saturated heterocycles. The van der Waals surface area contributed by atoms with Gasteiger partial charge in [0.25, 0.3) is 0 Å². The number of rotatable bonds is 3. The van der Waals surface area contributed by atoms with E-state index in [9.17, 15) is 0 Å². The first-order valence-electron chi connectivity index (χ1n) is 10.2. The summed E-state index contributed by atoms with van der Waals surface area (Å²) in [4.78, 5) is 10.0. The SMILES string of the molecule is Cc1ccc(-c2cc(C)ccc2-c2nc(-c3ccccc3)c3ccccc3n2)cc1. The van der Waals surface area contributed by atoms with E-state index in [4.69, 9.17) is 9.97 Å². The Morgan fingerprint density at radius 3 is 2.03 bits per heavy atom. The Kier molecular flexibility index (Phi) is 4.61. The van der Waals surface area contributed by atoms with E-state index in [2.05, 4.69) is 92.7 Å². The average molecular weight is 386 g/mol. The normalized spacial score (nSPS) is 11.0. The van der Waals surface area contributed by atoms with E-state index in [0.717, 1.165) is 39.1 Å². The van der Waals surface area contributed by atoms with Crippen molar-refractivity contribution in [1.29, 1.82) is 0 Å². The predicted octanol–water partition coefficient (Wildman–Crippen LogP) is 7.25. The van der Waals surface area contributed by atoms with Crippen LogP contribution in [0, 0.1) is 13.8 Å². The average Bonchev–Trinajstić information content (AvgIpc) is 2.79. The summed E-state index contributed by atoms with van der Waals surface area (Å²) in [7, 11) is 0. The highest BCUT2D eigenvalue weighted by Gasteiger charge is 2.15. The molecule has 0 aliphatic carbocycles. The van der Waals surface area contributed by atoms with Gasteiger partial charge in [-0.15, -0.1) is 0 Å². The molecule has 0 unspecified atom stereocenters. The largest absolute Gasteiger partial charge is 0.228 e. The molecule has 30 heavy (non-hydrogen) atoms. The summed E-state index contributed by atoms with van der Waals surface area (Å²) in [6, 6.07) is 33.7. The van der Waals surface area contributed by atoms with Gasteiger partial charge in [0.1, 0.15) is 0 Å². The second-order valence-corrected chi connectivity index (χ2v) is 7.69. The minimum absolute atomic E-state index is 0.753. The lowest BCUT2D eigenvalue weighted by Crippen LogP contribution is -1.97. The summed E-state index contributed by atoms with van der Waals surface area (Å²) in [5.41, 5.74) is 8.87. The molecular formula is C28H22N2. The van der Waals surface area contributed by atoms with Gasteiger partial charge in [0.2, 0.25) is 0 Å². The number of aryl methyl sites for hydroxylation is 2. The minimum Gasteiger partial charge on any atom is -0.228 e. The zero-order chi connectivity index (χ0) is 20.5. The lowest BCUT2D eigenvalue weighted by molar-refractivity contribution is 1.23. The fourth-order valence-corrected chi connectivity index (χ4v) is 3.84. The van der Waals surface area contributed by atoms with Gasteiger partial charge in [0.05, 0.1) is 11.2 Å². The van der Waals surface area contributed by atoms with Crippen molar-refractivity contribution < 1.29 is 0 Å². The molecule has 5 aromatic rings. The molecule has 0 aliphatic rings. The van der Waals surface area contributed by atoms with E-state index in [-0.39, 0.29) is 0 Å². The standard InChI is InChI=1S/C28H22N2/c1-19-12-15-21(16-13-19)25-18-20(2)14-17-23(25)28-29-26-11-7-6-10-24(26)27(30-28)22-8-4-3-5-9-22/h3-18H,1-2H3. The molecule has 2 heteroatoms. The van der Waals surface area contributed by atoms with E-state index in [1.165, 1.54) is 16.7 Å². The molecule has 0 bridgehead atoms. The van der Waals surface area contributed by atoms with Crippen molar-refractivity contribution >= 4 is 10.9 Å². The van der Waals surface area contributed by atoms with Gasteiger partial charge in [0.15, 0.2) is 5.82 Å². The van der Waals surface area contributed by atoms with Gasteiger partial charge < -0.3 is 0 Å². The van der Waals surface area contributed by atoms with Crippen molar-refractivity contribution in [2.24, 2.45) is 0 Å². The van der Waals surface area contributed by atoms with Crippen LogP contribution >= 0.6 is 0 Å². The van der Waals surface area contributed by atoms with Crippen LogP contribution in [0.15, 0.2) is 97.1 Å². The molecular weight excluding hydrogens is 364 g/mol. The topological polar surface area (TPSA) is 25.8 Å². The predicted molar refractivity (Wildman–Crippen MR) is 125 cm³/mol. The maximum absolute atomic E-state index is 5.06. The molecule has 0 fully saturated rings. The van der Waals surface area contributed by atoms with Crippen molar-refractivity contribution in [1.82, 2.24) is 9.97 Å². The highest BCUT2D eigenvalue weighted by Crippen LogP contribution is 2.34. The third-order valence-electron chi connectivity index (χ3n) is 5.43. The molecule has 4 aromatic carbocycles. The number of hydrogen-bond donors (Lipinski definition) is 0. The lowest BCUT2D eigenvalue weighted by Gasteiger charge is -2.13. The molecule has 1 heterocycles. The number of hydrogen-bond acceptors (Lipinski definition) is 2. The maximum atomic E-state index is 5.06. The first kappa shape index (κ1) is 18.3. The second kappa shape index (κ2) is 7.57. The Morgan fingerprint density at radius 2 is 1.23 bits per heavy atom. The van der Waals surface area contributed by atoms with Crippen LogP contribution in [0.25, 0.3) is 44.7 Å². The third kappa shape index (κ3) is 3.37. The number of benzene rings is 4. The van der Waals surface area contributed by atoms with Gasteiger partial charge in [-0.25, -0.2) is 9.97 Å². The van der Waals surface area contributed by atoms with Gasteiger partial charge in [-0.1, -0.05) is 102 Å². The summed E-state index contributed by atoms with van der Waals surface area (Å²) >= 11 is 0. The Morgan fingerprint density at radius 1 is 0.533 bits per heavy atom. The lowest BCUT2D eigenvalue weighted by atomic mass is 9.96. The van der Waals surface area contributed by atoms with Crippen LogP contribution in [0.4, 0.5) is 0 Å². The van der Waals surface area contributed by atoms with Crippen LogP contribution in [0.2, 0.25) is 0 Å². The van der Waals surface area contributed by atoms with Crippen LogP contribution in [0.1, 0.15) is 11.1 Å². The smallest absolute Gasteiger partial charge is 0.161 e. The molecule has 144 valence electrons. The van der Waals surface area contributed by atoms with Crippen LogP contribution < -0.4 is 0 Å². The zero-order valence-corrected chi connectivity index (χ0v) is 17.1. The van der Waals surface area contributed by atoms with E-state index in [0.29, 0.717) is 0 Å². The Bertz CT molecular complexity index is 1340. The van der Waals surface area contributed by atoms with Gasteiger partial charge in [0, 0.05) is 16.5 Å². The summed E-state index contributed by atoms with van der Waals surface area (Å²) < 4.78 is 0. The van der Waals surface area contributed by atoms with E-state index >= 15 is 0 Å².